The Balaban J connectivity index is 1.42. The van der Waals surface area contributed by atoms with Crippen LogP contribution < -0.4 is 20.7 Å². The van der Waals surface area contributed by atoms with Crippen molar-refractivity contribution in [2.24, 2.45) is 0 Å². The van der Waals surface area contributed by atoms with E-state index in [1.807, 2.05) is 6.07 Å². The van der Waals surface area contributed by atoms with Gasteiger partial charge in [-0.1, -0.05) is 36.4 Å². The molecule has 3 N–H and O–H groups in total. The number of amides is 5. The first-order valence-electron chi connectivity index (χ1n) is 14.2. The van der Waals surface area contributed by atoms with Gasteiger partial charge < -0.3 is 40.0 Å². The van der Waals surface area contributed by atoms with Gasteiger partial charge in [-0.2, -0.15) is 0 Å². The number of carbonyl (C=O) groups excluding carboxylic acids is 5. The number of ether oxygens (including phenoxy) is 3. The first kappa shape index (κ1) is 31.4. The zero-order valence-electron chi connectivity index (χ0n) is 23.9. The van der Waals surface area contributed by atoms with Crippen LogP contribution in [-0.4, -0.2) is 117 Å². The average molecular weight is 596 g/mol. The molecule has 2 aromatic rings. The lowest BCUT2D eigenvalue weighted by Gasteiger charge is -2.30. The Labute approximate surface area is 249 Å². The maximum absolute atomic E-state index is 13.6. The van der Waals surface area contributed by atoms with Crippen molar-refractivity contribution in [3.05, 3.63) is 66.2 Å². The molecule has 0 bridgehead atoms. The summed E-state index contributed by atoms with van der Waals surface area (Å²) >= 11 is 0. The van der Waals surface area contributed by atoms with Gasteiger partial charge in [0.1, 0.15) is 18.4 Å². The zero-order valence-corrected chi connectivity index (χ0v) is 23.9. The Morgan fingerprint density at radius 1 is 0.930 bits per heavy atom. The van der Waals surface area contributed by atoms with Crippen LogP contribution in [0.3, 0.4) is 0 Å². The summed E-state index contributed by atoms with van der Waals surface area (Å²) in [5.74, 6) is -1.56. The van der Waals surface area contributed by atoms with Crippen molar-refractivity contribution in [2.75, 3.05) is 65.8 Å². The lowest BCUT2D eigenvalue weighted by molar-refractivity contribution is -0.145. The third kappa shape index (κ3) is 9.51. The number of para-hydroxylation sites is 1. The Bertz CT molecular complexity index is 1250. The highest BCUT2D eigenvalue weighted by Crippen LogP contribution is 2.20. The van der Waals surface area contributed by atoms with E-state index >= 15 is 0 Å². The van der Waals surface area contributed by atoms with Crippen LogP contribution in [0.15, 0.2) is 60.7 Å². The van der Waals surface area contributed by atoms with Crippen LogP contribution >= 0.6 is 0 Å². The van der Waals surface area contributed by atoms with Gasteiger partial charge >= 0.3 is 0 Å². The van der Waals surface area contributed by atoms with E-state index in [1.165, 1.54) is 9.80 Å². The highest BCUT2D eigenvalue weighted by atomic mass is 16.5. The van der Waals surface area contributed by atoms with Gasteiger partial charge in [-0.15, -0.1) is 0 Å². The van der Waals surface area contributed by atoms with Crippen molar-refractivity contribution in [3.63, 3.8) is 0 Å². The van der Waals surface area contributed by atoms with Crippen LogP contribution in [0.5, 0.6) is 5.75 Å². The fourth-order valence-electron chi connectivity index (χ4n) is 4.83. The van der Waals surface area contributed by atoms with Gasteiger partial charge in [0.25, 0.3) is 11.8 Å². The van der Waals surface area contributed by atoms with E-state index in [0.717, 1.165) is 0 Å². The fraction of sp³-hybridized carbons (Fsp3) is 0.433. The molecule has 2 heterocycles. The van der Waals surface area contributed by atoms with Crippen molar-refractivity contribution in [1.29, 1.82) is 0 Å². The lowest BCUT2D eigenvalue weighted by Crippen LogP contribution is -2.57. The predicted octanol–water partition coefficient (Wildman–Crippen LogP) is -0.427. The molecule has 0 radical (unpaired) electrons. The Morgan fingerprint density at radius 3 is 2.42 bits per heavy atom. The van der Waals surface area contributed by atoms with E-state index < -0.39 is 35.7 Å². The van der Waals surface area contributed by atoms with Crippen LogP contribution in [0.1, 0.15) is 16.8 Å². The monoisotopic (exact) mass is 595 g/mol. The number of benzene rings is 2. The molecular weight excluding hydrogens is 558 g/mol. The van der Waals surface area contributed by atoms with Crippen LogP contribution in [0, 0.1) is 0 Å². The summed E-state index contributed by atoms with van der Waals surface area (Å²) < 4.78 is 16.4. The highest BCUT2D eigenvalue weighted by molar-refractivity contribution is 5.94. The normalized spacial score (nSPS) is 20.3. The molecule has 0 aliphatic carbocycles. The van der Waals surface area contributed by atoms with E-state index in [0.29, 0.717) is 17.7 Å². The molecule has 0 unspecified atom stereocenters. The average Bonchev–Trinajstić information content (AvgIpc) is 3.44. The first-order valence-corrected chi connectivity index (χ1v) is 14.2. The number of hydrogen-bond acceptors (Lipinski definition) is 8. The summed E-state index contributed by atoms with van der Waals surface area (Å²) in [7, 11) is 0. The molecule has 2 aliphatic rings. The van der Waals surface area contributed by atoms with E-state index in [9.17, 15) is 24.0 Å². The quantitative estimate of drug-likeness (QED) is 0.372. The minimum atomic E-state index is -0.996. The fourth-order valence-corrected chi connectivity index (χ4v) is 4.83. The number of nitrogens with one attached hydrogen (secondary N) is 3. The molecule has 2 fully saturated rings. The van der Waals surface area contributed by atoms with Crippen LogP contribution in [0.2, 0.25) is 0 Å². The maximum Gasteiger partial charge on any atom is 0.258 e. The second-order valence-corrected chi connectivity index (χ2v) is 9.99. The van der Waals surface area contributed by atoms with Gasteiger partial charge in [0.2, 0.25) is 17.7 Å². The molecule has 2 aliphatic heterocycles. The van der Waals surface area contributed by atoms with Crippen molar-refractivity contribution in [1.82, 2.24) is 25.8 Å². The Kier molecular flexibility index (Phi) is 11.9. The third-order valence-corrected chi connectivity index (χ3v) is 6.97. The van der Waals surface area contributed by atoms with Crippen molar-refractivity contribution >= 4 is 29.5 Å². The summed E-state index contributed by atoms with van der Waals surface area (Å²) in [5, 5.41) is 8.36. The summed E-state index contributed by atoms with van der Waals surface area (Å²) in [5.41, 5.74) is 0.471. The number of fused-ring (bicyclic) bond motifs is 1. The van der Waals surface area contributed by atoms with Gasteiger partial charge in [0.15, 0.2) is 6.61 Å². The molecule has 13 heteroatoms. The zero-order chi connectivity index (χ0) is 30.4. The highest BCUT2D eigenvalue weighted by Gasteiger charge is 2.43. The molecule has 2 atom stereocenters. The number of rotatable bonds is 8. The molecule has 2 saturated heterocycles. The SMILES string of the molecule is O=C(COc1ccccc1)N[C@@H]1CCN2C(=O)CN(CCNC(=O)c3ccccc3)C(=O)COCCOCCNC(=O)[C@H]12. The summed E-state index contributed by atoms with van der Waals surface area (Å²) in [6.45, 7) is 0.246. The first-order chi connectivity index (χ1) is 20.9. The van der Waals surface area contributed by atoms with Crippen LogP contribution in [0.25, 0.3) is 0 Å². The molecule has 0 aromatic heterocycles. The van der Waals surface area contributed by atoms with E-state index in [1.54, 1.807) is 54.6 Å². The molecule has 4 rings (SSSR count). The van der Waals surface area contributed by atoms with Crippen LogP contribution in [-0.2, 0) is 28.7 Å². The molecule has 5 amide bonds. The molecular formula is C30H37N5O8. The standard InChI is InChI=1S/C30H37N5O8/c36-25(20-43-23-9-5-2-6-10-23)33-24-11-14-35-26(37)19-34(15-12-31-29(39)22-7-3-1-4-8-22)27(38)21-42-18-17-41-16-13-32-30(40)28(24)35/h1-10,24,28H,11-21H2,(H,31,39)(H,32,40)(H,33,36)/t24-,28+/m1/s1. The van der Waals surface area contributed by atoms with Gasteiger partial charge in [0.05, 0.1) is 32.4 Å². The molecule has 13 nitrogen and oxygen atoms in total. The van der Waals surface area contributed by atoms with E-state index in [-0.39, 0.29) is 71.7 Å². The second kappa shape index (κ2) is 16.2. The minimum Gasteiger partial charge on any atom is -0.484 e. The smallest absolute Gasteiger partial charge is 0.258 e. The second-order valence-electron chi connectivity index (χ2n) is 9.99. The van der Waals surface area contributed by atoms with Gasteiger partial charge in [-0.3, -0.25) is 24.0 Å². The molecule has 0 spiro atoms. The van der Waals surface area contributed by atoms with E-state index in [4.69, 9.17) is 14.2 Å². The summed E-state index contributed by atoms with van der Waals surface area (Å²) in [6.07, 6.45) is 0.335. The van der Waals surface area contributed by atoms with Crippen molar-refractivity contribution in [2.45, 2.75) is 18.5 Å². The maximum atomic E-state index is 13.6. The lowest BCUT2D eigenvalue weighted by atomic mass is 10.1. The summed E-state index contributed by atoms with van der Waals surface area (Å²) in [4.78, 5) is 67.7. The van der Waals surface area contributed by atoms with Gasteiger partial charge in [-0.05, 0) is 30.7 Å². The Hall–Kier alpha value is -4.49. The number of nitrogens with zero attached hydrogens (tertiary/aromatic N) is 2. The van der Waals surface area contributed by atoms with Gasteiger partial charge in [-0.25, -0.2) is 0 Å². The molecule has 2 aromatic carbocycles. The van der Waals surface area contributed by atoms with Gasteiger partial charge in [0, 0.05) is 31.7 Å². The van der Waals surface area contributed by atoms with Crippen molar-refractivity contribution in [3.8, 4) is 5.75 Å². The van der Waals surface area contributed by atoms with Crippen LogP contribution in [0.4, 0.5) is 0 Å². The molecule has 43 heavy (non-hydrogen) atoms. The van der Waals surface area contributed by atoms with Crippen molar-refractivity contribution < 1.29 is 38.2 Å². The predicted molar refractivity (Wildman–Crippen MR) is 154 cm³/mol. The minimum absolute atomic E-state index is 0.0463. The molecule has 230 valence electrons. The largest absolute Gasteiger partial charge is 0.484 e. The summed E-state index contributed by atoms with van der Waals surface area (Å²) in [6, 6.07) is 15.8. The number of hydrogen-bond donors (Lipinski definition) is 3. The third-order valence-electron chi connectivity index (χ3n) is 6.97. The number of carbonyl (C=O) groups is 5. The topological polar surface area (TPSA) is 156 Å². The Morgan fingerprint density at radius 2 is 1.65 bits per heavy atom. The van der Waals surface area contributed by atoms with E-state index in [2.05, 4.69) is 16.0 Å². The molecule has 0 saturated carbocycles.